The van der Waals surface area contributed by atoms with Gasteiger partial charge >= 0.3 is 0 Å². The Morgan fingerprint density at radius 2 is 1.39 bits per heavy atom. The summed E-state index contributed by atoms with van der Waals surface area (Å²) in [5.41, 5.74) is 6.95. The second-order valence-corrected chi connectivity index (χ2v) is 7.97. The van der Waals surface area contributed by atoms with E-state index in [1.165, 1.54) is 44.9 Å². The number of nitrogens with two attached hydrogens (primary N) is 1. The van der Waals surface area contributed by atoms with Crippen molar-refractivity contribution in [1.29, 1.82) is 0 Å². The van der Waals surface area contributed by atoms with Gasteiger partial charge in [0.25, 0.3) is 0 Å². The fraction of sp³-hybridized carbons (Fsp3) is 1.00. The third kappa shape index (κ3) is 2.92. The van der Waals surface area contributed by atoms with Gasteiger partial charge in [-0.1, -0.05) is 47.0 Å². The second-order valence-electron chi connectivity index (χ2n) is 7.97. The van der Waals surface area contributed by atoms with E-state index in [9.17, 15) is 0 Å². The van der Waals surface area contributed by atoms with Crippen LogP contribution in [0, 0.1) is 29.1 Å². The zero-order valence-electron chi connectivity index (χ0n) is 12.9. The Morgan fingerprint density at radius 1 is 0.833 bits per heavy atom. The smallest absolute Gasteiger partial charge is 0.00748 e. The van der Waals surface area contributed by atoms with Gasteiger partial charge in [0.15, 0.2) is 0 Å². The minimum absolute atomic E-state index is 0.447. The van der Waals surface area contributed by atoms with Crippen molar-refractivity contribution in [2.45, 2.75) is 78.7 Å². The molecular formula is C17H33N. The van der Waals surface area contributed by atoms with E-state index in [2.05, 4.69) is 27.7 Å². The maximum atomic E-state index is 6.49. The van der Waals surface area contributed by atoms with Gasteiger partial charge < -0.3 is 5.73 Å². The summed E-state index contributed by atoms with van der Waals surface area (Å²) in [6.45, 7) is 9.80. The van der Waals surface area contributed by atoms with Crippen LogP contribution in [0.15, 0.2) is 0 Å². The van der Waals surface area contributed by atoms with Gasteiger partial charge in [-0.05, 0) is 54.8 Å². The van der Waals surface area contributed by atoms with Crippen LogP contribution in [0.5, 0.6) is 0 Å². The lowest BCUT2D eigenvalue weighted by atomic mass is 9.58. The third-order valence-corrected chi connectivity index (χ3v) is 6.19. The molecule has 2 saturated carbocycles. The molecule has 2 aliphatic carbocycles. The molecule has 0 radical (unpaired) electrons. The second kappa shape index (κ2) is 5.53. The first-order valence-corrected chi connectivity index (χ1v) is 8.16. The predicted molar refractivity (Wildman–Crippen MR) is 79.4 cm³/mol. The average molecular weight is 251 g/mol. The standard InChI is InChI=1S/C17H33N/c1-12-5-8-14(9-6-12)17(3,4)15-10-7-13(2)11-16(15)18/h12-16H,5-11,18H2,1-4H3. The molecule has 18 heavy (non-hydrogen) atoms. The molecule has 0 saturated heterocycles. The van der Waals surface area contributed by atoms with Gasteiger partial charge in [-0.15, -0.1) is 0 Å². The highest BCUT2D eigenvalue weighted by Crippen LogP contribution is 2.49. The first-order chi connectivity index (χ1) is 8.41. The van der Waals surface area contributed by atoms with Gasteiger partial charge in [-0.25, -0.2) is 0 Å². The molecule has 0 aliphatic heterocycles. The summed E-state index contributed by atoms with van der Waals surface area (Å²) in [6.07, 6.45) is 9.75. The molecule has 106 valence electrons. The van der Waals surface area contributed by atoms with Gasteiger partial charge in [-0.3, -0.25) is 0 Å². The first kappa shape index (κ1) is 14.4. The van der Waals surface area contributed by atoms with Crippen LogP contribution in [0.2, 0.25) is 0 Å². The van der Waals surface area contributed by atoms with E-state index in [0.717, 1.165) is 23.7 Å². The Kier molecular flexibility index (Phi) is 4.41. The van der Waals surface area contributed by atoms with Gasteiger partial charge in [0.1, 0.15) is 0 Å². The van der Waals surface area contributed by atoms with Crippen LogP contribution in [-0.2, 0) is 0 Å². The fourth-order valence-corrected chi connectivity index (χ4v) is 4.66. The Hall–Kier alpha value is -0.0400. The summed E-state index contributed by atoms with van der Waals surface area (Å²) < 4.78 is 0. The van der Waals surface area contributed by atoms with Crippen molar-refractivity contribution < 1.29 is 0 Å². The maximum absolute atomic E-state index is 6.49. The van der Waals surface area contributed by atoms with Crippen LogP contribution in [0.3, 0.4) is 0 Å². The highest BCUT2D eigenvalue weighted by Gasteiger charge is 2.42. The molecule has 0 aromatic heterocycles. The molecule has 1 nitrogen and oxygen atoms in total. The van der Waals surface area contributed by atoms with Crippen molar-refractivity contribution in [3.8, 4) is 0 Å². The summed E-state index contributed by atoms with van der Waals surface area (Å²) in [5.74, 6) is 3.47. The summed E-state index contributed by atoms with van der Waals surface area (Å²) >= 11 is 0. The van der Waals surface area contributed by atoms with E-state index in [1.807, 2.05) is 0 Å². The number of hydrogen-bond acceptors (Lipinski definition) is 1. The van der Waals surface area contributed by atoms with Crippen molar-refractivity contribution in [2.24, 2.45) is 34.8 Å². The van der Waals surface area contributed by atoms with Crippen molar-refractivity contribution in [2.75, 3.05) is 0 Å². The summed E-state index contributed by atoms with van der Waals surface area (Å²) in [4.78, 5) is 0. The van der Waals surface area contributed by atoms with Crippen LogP contribution in [0.25, 0.3) is 0 Å². The van der Waals surface area contributed by atoms with Gasteiger partial charge in [0.05, 0.1) is 0 Å². The zero-order valence-corrected chi connectivity index (χ0v) is 12.9. The largest absolute Gasteiger partial charge is 0.327 e. The van der Waals surface area contributed by atoms with Crippen LogP contribution >= 0.6 is 0 Å². The molecule has 0 heterocycles. The lowest BCUT2D eigenvalue weighted by Crippen LogP contribution is -2.47. The number of hydrogen-bond donors (Lipinski definition) is 1. The fourth-order valence-electron chi connectivity index (χ4n) is 4.66. The van der Waals surface area contributed by atoms with Crippen molar-refractivity contribution in [3.05, 3.63) is 0 Å². The van der Waals surface area contributed by atoms with Crippen molar-refractivity contribution in [1.82, 2.24) is 0 Å². The van der Waals surface area contributed by atoms with E-state index in [1.54, 1.807) is 0 Å². The average Bonchev–Trinajstić information content (AvgIpc) is 2.29. The normalized spacial score (nSPS) is 42.8. The molecular weight excluding hydrogens is 218 g/mol. The molecule has 0 bridgehead atoms. The molecule has 3 atom stereocenters. The Labute approximate surface area is 114 Å². The lowest BCUT2D eigenvalue weighted by molar-refractivity contribution is 0.0296. The lowest BCUT2D eigenvalue weighted by Gasteiger charge is -2.48. The number of rotatable bonds is 2. The summed E-state index contributed by atoms with van der Waals surface area (Å²) in [7, 11) is 0. The minimum atomic E-state index is 0.447. The van der Waals surface area contributed by atoms with Crippen molar-refractivity contribution in [3.63, 3.8) is 0 Å². The first-order valence-electron chi connectivity index (χ1n) is 8.16. The molecule has 0 spiro atoms. The molecule has 0 amide bonds. The van der Waals surface area contributed by atoms with Gasteiger partial charge in [0.2, 0.25) is 0 Å². The Morgan fingerprint density at radius 3 is 1.94 bits per heavy atom. The van der Waals surface area contributed by atoms with E-state index < -0.39 is 0 Å². The van der Waals surface area contributed by atoms with Gasteiger partial charge in [-0.2, -0.15) is 0 Å². The molecule has 2 fully saturated rings. The molecule has 2 aliphatic rings. The maximum Gasteiger partial charge on any atom is 0.00748 e. The third-order valence-electron chi connectivity index (χ3n) is 6.19. The molecule has 1 heteroatoms. The summed E-state index contributed by atoms with van der Waals surface area (Å²) in [5, 5.41) is 0. The predicted octanol–water partition coefficient (Wildman–Crippen LogP) is 4.60. The highest BCUT2D eigenvalue weighted by molar-refractivity contribution is 4.94. The van der Waals surface area contributed by atoms with Crippen LogP contribution in [0.1, 0.15) is 72.6 Å². The summed E-state index contributed by atoms with van der Waals surface area (Å²) in [6, 6.07) is 0.447. The van der Waals surface area contributed by atoms with Crippen LogP contribution in [0.4, 0.5) is 0 Å². The Balaban J connectivity index is 2.01. The SMILES string of the molecule is CC1CCC(C(C)(C)C2CCC(C)CC2N)CC1. The molecule has 2 N–H and O–H groups in total. The quantitative estimate of drug-likeness (QED) is 0.762. The molecule has 2 rings (SSSR count). The zero-order chi connectivity index (χ0) is 13.3. The van der Waals surface area contributed by atoms with Crippen LogP contribution < -0.4 is 5.73 Å². The molecule has 0 aromatic carbocycles. The van der Waals surface area contributed by atoms with E-state index in [0.29, 0.717) is 11.5 Å². The minimum Gasteiger partial charge on any atom is -0.327 e. The molecule has 3 unspecified atom stereocenters. The van der Waals surface area contributed by atoms with E-state index in [4.69, 9.17) is 5.73 Å². The van der Waals surface area contributed by atoms with Crippen molar-refractivity contribution >= 4 is 0 Å². The van der Waals surface area contributed by atoms with Gasteiger partial charge in [0, 0.05) is 6.04 Å². The van der Waals surface area contributed by atoms with E-state index in [-0.39, 0.29) is 0 Å². The Bertz CT molecular complexity index is 263. The molecule has 0 aromatic rings. The topological polar surface area (TPSA) is 26.0 Å². The monoisotopic (exact) mass is 251 g/mol. The van der Waals surface area contributed by atoms with E-state index >= 15 is 0 Å². The highest BCUT2D eigenvalue weighted by atomic mass is 14.7. The van der Waals surface area contributed by atoms with Crippen LogP contribution in [-0.4, -0.2) is 6.04 Å².